The summed E-state index contributed by atoms with van der Waals surface area (Å²) in [7, 11) is -3.47. The molecule has 3 rings (SSSR count). The van der Waals surface area contributed by atoms with Gasteiger partial charge in [-0.05, 0) is 61.9 Å². The molecular formula is C18H21N3O4S2. The number of anilines is 1. The minimum Gasteiger partial charge on any atom is -0.618 e. The van der Waals surface area contributed by atoms with E-state index in [0.29, 0.717) is 28.5 Å². The third-order valence-corrected chi connectivity index (χ3v) is 7.32. The van der Waals surface area contributed by atoms with E-state index in [4.69, 9.17) is 0 Å². The molecule has 1 aromatic carbocycles. The van der Waals surface area contributed by atoms with E-state index in [1.54, 1.807) is 37.3 Å². The highest BCUT2D eigenvalue weighted by molar-refractivity contribution is 8.00. The summed E-state index contributed by atoms with van der Waals surface area (Å²) >= 11 is 1.16. The van der Waals surface area contributed by atoms with Gasteiger partial charge in [0.15, 0.2) is 6.20 Å². The zero-order valence-electron chi connectivity index (χ0n) is 14.9. The van der Waals surface area contributed by atoms with Gasteiger partial charge in [0.05, 0.1) is 10.1 Å². The van der Waals surface area contributed by atoms with Crippen molar-refractivity contribution < 1.29 is 17.9 Å². The van der Waals surface area contributed by atoms with Crippen LogP contribution in [0.3, 0.4) is 0 Å². The van der Waals surface area contributed by atoms with Crippen molar-refractivity contribution in [3.8, 4) is 0 Å². The van der Waals surface area contributed by atoms with Gasteiger partial charge in [-0.25, -0.2) is 8.42 Å². The van der Waals surface area contributed by atoms with E-state index < -0.39 is 15.3 Å². The second-order valence-corrected chi connectivity index (χ2v) is 9.55. The molecular weight excluding hydrogens is 386 g/mol. The summed E-state index contributed by atoms with van der Waals surface area (Å²) in [6, 6.07) is 11.2. The fourth-order valence-electron chi connectivity index (χ4n) is 2.77. The van der Waals surface area contributed by atoms with E-state index in [0.717, 1.165) is 24.6 Å². The van der Waals surface area contributed by atoms with Gasteiger partial charge in [-0.3, -0.25) is 4.79 Å². The molecule has 144 valence electrons. The smallest absolute Gasteiger partial charge is 0.252 e. The van der Waals surface area contributed by atoms with Crippen LogP contribution in [0.2, 0.25) is 0 Å². The van der Waals surface area contributed by atoms with Gasteiger partial charge in [-0.15, -0.1) is 0 Å². The topological polar surface area (TPSA) is 93.4 Å². The molecule has 1 fully saturated rings. The van der Waals surface area contributed by atoms with E-state index in [-0.39, 0.29) is 10.8 Å². The van der Waals surface area contributed by atoms with Crippen LogP contribution in [0.25, 0.3) is 0 Å². The summed E-state index contributed by atoms with van der Waals surface area (Å²) in [5, 5.41) is 14.4. The number of thioether (sulfide) groups is 1. The Morgan fingerprint density at radius 3 is 2.48 bits per heavy atom. The highest BCUT2D eigenvalue weighted by atomic mass is 32.2. The molecule has 0 spiro atoms. The van der Waals surface area contributed by atoms with Gasteiger partial charge >= 0.3 is 0 Å². The molecule has 1 saturated heterocycles. The van der Waals surface area contributed by atoms with Gasteiger partial charge in [-0.1, -0.05) is 0 Å². The molecule has 7 nitrogen and oxygen atoms in total. The quantitative estimate of drug-likeness (QED) is 0.450. The van der Waals surface area contributed by atoms with Crippen molar-refractivity contribution in [1.82, 2.24) is 4.31 Å². The Balaban J connectivity index is 1.64. The first kappa shape index (κ1) is 19.7. The highest BCUT2D eigenvalue weighted by Crippen LogP contribution is 2.24. The number of nitrogens with one attached hydrogen (secondary N) is 1. The van der Waals surface area contributed by atoms with Gasteiger partial charge < -0.3 is 10.5 Å². The van der Waals surface area contributed by atoms with Crippen LogP contribution in [0.1, 0.15) is 19.8 Å². The molecule has 1 aliphatic rings. The second-order valence-electron chi connectivity index (χ2n) is 6.25. The lowest BCUT2D eigenvalue weighted by atomic mass is 10.3. The van der Waals surface area contributed by atoms with Gasteiger partial charge in [0.25, 0.3) is 5.03 Å². The lowest BCUT2D eigenvalue weighted by molar-refractivity contribution is -0.645. The molecule has 1 amide bonds. The second kappa shape index (κ2) is 8.28. The van der Waals surface area contributed by atoms with Crippen molar-refractivity contribution in [2.45, 2.75) is 34.9 Å². The first-order valence-corrected chi connectivity index (χ1v) is 11.0. The minimum absolute atomic E-state index is 0.224. The fraction of sp³-hybridized carbons (Fsp3) is 0.333. The number of amides is 1. The van der Waals surface area contributed by atoms with Gasteiger partial charge in [0.2, 0.25) is 15.9 Å². The predicted molar refractivity (Wildman–Crippen MR) is 104 cm³/mol. The highest BCUT2D eigenvalue weighted by Gasteiger charge is 2.27. The summed E-state index contributed by atoms with van der Waals surface area (Å²) in [4.78, 5) is 12.6. The van der Waals surface area contributed by atoms with Crippen LogP contribution in [0.4, 0.5) is 5.69 Å². The molecule has 1 atom stereocenters. The number of hydrogen-bond donors (Lipinski definition) is 1. The maximum absolute atomic E-state index is 12.5. The van der Waals surface area contributed by atoms with Crippen molar-refractivity contribution >= 4 is 33.4 Å². The summed E-state index contributed by atoms with van der Waals surface area (Å²) in [5.74, 6) is -0.265. The predicted octanol–water partition coefficient (Wildman–Crippen LogP) is 2.22. The van der Waals surface area contributed by atoms with Crippen molar-refractivity contribution in [1.29, 1.82) is 0 Å². The van der Waals surface area contributed by atoms with Gasteiger partial charge in [0, 0.05) is 30.9 Å². The third kappa shape index (κ3) is 4.60. The lowest BCUT2D eigenvalue weighted by Gasteiger charge is -2.16. The average molecular weight is 408 g/mol. The van der Waals surface area contributed by atoms with Crippen LogP contribution < -0.4 is 10.0 Å². The van der Waals surface area contributed by atoms with E-state index >= 15 is 0 Å². The van der Waals surface area contributed by atoms with Crippen LogP contribution in [-0.2, 0) is 14.8 Å². The summed E-state index contributed by atoms with van der Waals surface area (Å²) < 4.78 is 27.2. The zero-order chi connectivity index (χ0) is 19.4. The first-order chi connectivity index (χ1) is 12.9. The molecule has 0 radical (unpaired) electrons. The normalized spacial score (nSPS) is 16.2. The number of pyridine rings is 1. The van der Waals surface area contributed by atoms with E-state index in [2.05, 4.69) is 5.32 Å². The molecule has 0 aliphatic carbocycles. The molecule has 2 heterocycles. The summed E-state index contributed by atoms with van der Waals surface area (Å²) in [6.45, 7) is 2.81. The van der Waals surface area contributed by atoms with E-state index in [1.165, 1.54) is 22.6 Å². The Labute approximate surface area is 163 Å². The molecule has 0 bridgehead atoms. The Morgan fingerprint density at radius 2 is 1.85 bits per heavy atom. The maximum atomic E-state index is 12.5. The SMILES string of the molecule is C[C@@H](Sc1cccc[n+]1[O-])C(=O)Nc1ccc(S(=O)(=O)N2CCCC2)cc1. The van der Waals surface area contributed by atoms with Crippen LogP contribution in [0.5, 0.6) is 0 Å². The largest absolute Gasteiger partial charge is 0.618 e. The summed E-state index contributed by atoms with van der Waals surface area (Å²) in [6.07, 6.45) is 3.15. The summed E-state index contributed by atoms with van der Waals surface area (Å²) in [5.41, 5.74) is 0.510. The Bertz CT molecular complexity index is 910. The number of rotatable bonds is 6. The van der Waals surface area contributed by atoms with Crippen molar-refractivity contribution in [2.75, 3.05) is 18.4 Å². The minimum atomic E-state index is -3.47. The number of benzene rings is 1. The maximum Gasteiger partial charge on any atom is 0.252 e. The number of carbonyl (C=O) groups is 1. The van der Waals surface area contributed by atoms with Crippen LogP contribution in [-0.4, -0.2) is 37.0 Å². The molecule has 9 heteroatoms. The molecule has 27 heavy (non-hydrogen) atoms. The number of hydrogen-bond acceptors (Lipinski definition) is 5. The zero-order valence-corrected chi connectivity index (χ0v) is 16.5. The van der Waals surface area contributed by atoms with Crippen LogP contribution in [0, 0.1) is 5.21 Å². The number of aromatic nitrogens is 1. The molecule has 1 aliphatic heterocycles. The van der Waals surface area contributed by atoms with E-state index in [9.17, 15) is 18.4 Å². The van der Waals surface area contributed by atoms with E-state index in [1.807, 2.05) is 0 Å². The lowest BCUT2D eigenvalue weighted by Crippen LogP contribution is -2.30. The molecule has 1 N–H and O–H groups in total. The molecule has 1 aromatic heterocycles. The van der Waals surface area contributed by atoms with Gasteiger partial charge in [-0.2, -0.15) is 9.04 Å². The number of sulfonamides is 1. The van der Waals surface area contributed by atoms with Crippen molar-refractivity contribution in [2.24, 2.45) is 0 Å². The monoisotopic (exact) mass is 407 g/mol. The molecule has 0 unspecified atom stereocenters. The number of carbonyl (C=O) groups excluding carboxylic acids is 1. The third-order valence-electron chi connectivity index (χ3n) is 4.28. The fourth-order valence-corrected chi connectivity index (χ4v) is 5.14. The van der Waals surface area contributed by atoms with Gasteiger partial charge in [0.1, 0.15) is 0 Å². The Morgan fingerprint density at radius 1 is 1.19 bits per heavy atom. The Hall–Kier alpha value is -2.10. The number of nitrogens with zero attached hydrogens (tertiary/aromatic N) is 2. The average Bonchev–Trinajstić information content (AvgIpc) is 3.19. The Kier molecular flexibility index (Phi) is 6.03. The molecule has 2 aromatic rings. The van der Waals surface area contributed by atoms with Crippen LogP contribution in [0.15, 0.2) is 58.6 Å². The molecule has 0 saturated carbocycles. The standard InChI is InChI=1S/C18H21N3O4S2/c1-14(26-17-6-2-3-13-21(17)23)18(22)19-15-7-9-16(10-8-15)27(24,25)20-11-4-5-12-20/h2-3,6-10,13-14H,4-5,11-12H2,1H3,(H,19,22)/t14-/m1/s1. The first-order valence-electron chi connectivity index (χ1n) is 8.64. The van der Waals surface area contributed by atoms with Crippen LogP contribution >= 0.6 is 11.8 Å². The van der Waals surface area contributed by atoms with Crippen molar-refractivity contribution in [3.63, 3.8) is 0 Å². The van der Waals surface area contributed by atoms with Crippen molar-refractivity contribution in [3.05, 3.63) is 53.9 Å².